The lowest BCUT2D eigenvalue weighted by Gasteiger charge is -2.20. The Morgan fingerprint density at radius 3 is 2.73 bits per heavy atom. The van der Waals surface area contributed by atoms with Crippen LogP contribution in [-0.2, 0) is 16.0 Å². The fourth-order valence-electron chi connectivity index (χ4n) is 2.62. The van der Waals surface area contributed by atoms with Crippen LogP contribution in [0.5, 0.6) is 5.75 Å². The molecular weight excluding hydrogens is 350 g/mol. The number of hydrogen-bond donors (Lipinski definition) is 1. The maximum absolute atomic E-state index is 12.2. The molecule has 0 unspecified atom stereocenters. The highest BCUT2D eigenvalue weighted by atomic mass is 79.9. The minimum atomic E-state index is -0.832. The van der Waals surface area contributed by atoms with Gasteiger partial charge < -0.3 is 14.7 Å². The first kappa shape index (κ1) is 16.8. The van der Waals surface area contributed by atoms with Gasteiger partial charge in [0.2, 0.25) is 5.91 Å². The molecule has 0 saturated carbocycles. The summed E-state index contributed by atoms with van der Waals surface area (Å²) in [5.74, 6) is -0.0642. The Balaban J connectivity index is 1.91. The summed E-state index contributed by atoms with van der Waals surface area (Å²) in [4.78, 5) is 25.1. The highest BCUT2D eigenvalue weighted by Crippen LogP contribution is 2.31. The van der Waals surface area contributed by atoms with E-state index in [4.69, 9.17) is 4.74 Å². The average molecular weight is 370 g/mol. The van der Waals surface area contributed by atoms with Crippen molar-refractivity contribution in [2.24, 2.45) is 5.41 Å². The van der Waals surface area contributed by atoms with Crippen molar-refractivity contribution in [2.75, 3.05) is 20.2 Å². The van der Waals surface area contributed by atoms with Crippen LogP contribution >= 0.6 is 15.9 Å². The predicted octanol–water partition coefficient (Wildman–Crippen LogP) is 2.71. The molecule has 0 aromatic heterocycles. The summed E-state index contributed by atoms with van der Waals surface area (Å²) in [5.41, 5.74) is 0.236. The summed E-state index contributed by atoms with van der Waals surface area (Å²) >= 11 is 3.43. The minimum absolute atomic E-state index is 0.0110. The molecule has 1 heterocycles. The molecule has 6 heteroatoms. The first-order chi connectivity index (χ1) is 10.4. The number of hydrogen-bond acceptors (Lipinski definition) is 3. The monoisotopic (exact) mass is 369 g/mol. The van der Waals surface area contributed by atoms with Crippen LogP contribution in [0.4, 0.5) is 0 Å². The molecule has 0 spiro atoms. The van der Waals surface area contributed by atoms with Crippen LogP contribution in [0.1, 0.15) is 25.3 Å². The summed E-state index contributed by atoms with van der Waals surface area (Å²) < 4.78 is 6.04. The first-order valence-electron chi connectivity index (χ1n) is 7.19. The van der Waals surface area contributed by atoms with Crippen LogP contribution in [0.3, 0.4) is 0 Å². The zero-order valence-corrected chi connectivity index (χ0v) is 14.4. The van der Waals surface area contributed by atoms with Gasteiger partial charge in [0.15, 0.2) is 0 Å². The fraction of sp³-hybridized carbons (Fsp3) is 0.500. The Hall–Kier alpha value is -1.56. The lowest BCUT2D eigenvalue weighted by Crippen LogP contribution is -2.34. The SMILES string of the molecule is COc1ccc(CCC(=O)N2CC[C@@](C)(C(=O)O)C2)cc1Br. The molecule has 1 aliphatic heterocycles. The van der Waals surface area contributed by atoms with Gasteiger partial charge in [-0.2, -0.15) is 0 Å². The number of ether oxygens (including phenoxy) is 1. The Bertz CT molecular complexity index is 590. The zero-order chi connectivity index (χ0) is 16.3. The van der Waals surface area contributed by atoms with Crippen LogP contribution in [-0.4, -0.2) is 42.1 Å². The number of carbonyl (C=O) groups excluding carboxylic acids is 1. The Kier molecular flexibility index (Phi) is 5.11. The standard InChI is InChI=1S/C16H20BrNO4/c1-16(15(20)21)7-8-18(10-16)14(19)6-4-11-3-5-13(22-2)12(17)9-11/h3,5,9H,4,6-8,10H2,1-2H3,(H,20,21)/t16-/m1/s1. The maximum atomic E-state index is 12.2. The molecule has 0 bridgehead atoms. The highest BCUT2D eigenvalue weighted by Gasteiger charge is 2.41. The number of likely N-dealkylation sites (tertiary alicyclic amines) is 1. The lowest BCUT2D eigenvalue weighted by atomic mass is 9.90. The zero-order valence-electron chi connectivity index (χ0n) is 12.8. The van der Waals surface area contributed by atoms with E-state index in [1.54, 1.807) is 18.9 Å². The number of aliphatic carboxylic acids is 1. The van der Waals surface area contributed by atoms with Gasteiger partial charge in [-0.1, -0.05) is 6.07 Å². The average Bonchev–Trinajstić information content (AvgIpc) is 2.89. The van der Waals surface area contributed by atoms with Crippen LogP contribution in [0.15, 0.2) is 22.7 Å². The Labute approximate surface area is 138 Å². The lowest BCUT2D eigenvalue weighted by molar-refractivity contribution is -0.147. The van der Waals surface area contributed by atoms with Crippen molar-refractivity contribution in [3.8, 4) is 5.75 Å². The number of nitrogens with zero attached hydrogens (tertiary/aromatic N) is 1. The van der Waals surface area contributed by atoms with Crippen molar-refractivity contribution in [1.29, 1.82) is 0 Å². The summed E-state index contributed by atoms with van der Waals surface area (Å²) in [6, 6.07) is 5.74. The molecule has 1 atom stereocenters. The Morgan fingerprint density at radius 2 is 2.18 bits per heavy atom. The number of aryl methyl sites for hydroxylation is 1. The van der Waals surface area contributed by atoms with E-state index < -0.39 is 11.4 Å². The van der Waals surface area contributed by atoms with Gasteiger partial charge in [0.25, 0.3) is 0 Å². The topological polar surface area (TPSA) is 66.8 Å². The normalized spacial score (nSPS) is 21.0. The van der Waals surface area contributed by atoms with E-state index in [0.29, 0.717) is 32.4 Å². The van der Waals surface area contributed by atoms with E-state index in [1.165, 1.54) is 0 Å². The van der Waals surface area contributed by atoms with Crippen LogP contribution in [0.25, 0.3) is 0 Å². The second kappa shape index (κ2) is 6.69. The van der Waals surface area contributed by atoms with Crippen molar-refractivity contribution in [2.45, 2.75) is 26.2 Å². The van der Waals surface area contributed by atoms with Gasteiger partial charge in [-0.15, -0.1) is 0 Å². The van der Waals surface area contributed by atoms with Crippen LogP contribution < -0.4 is 4.74 Å². The number of rotatable bonds is 5. The molecule has 5 nitrogen and oxygen atoms in total. The van der Waals surface area contributed by atoms with Gasteiger partial charge in [-0.3, -0.25) is 9.59 Å². The van der Waals surface area contributed by atoms with Crippen molar-refractivity contribution in [1.82, 2.24) is 4.90 Å². The summed E-state index contributed by atoms with van der Waals surface area (Å²) in [7, 11) is 1.61. The van der Waals surface area contributed by atoms with E-state index >= 15 is 0 Å². The third kappa shape index (κ3) is 3.61. The van der Waals surface area contributed by atoms with Crippen LogP contribution in [0, 0.1) is 5.41 Å². The summed E-state index contributed by atoms with van der Waals surface area (Å²) in [6.45, 7) is 2.52. The molecule has 1 fully saturated rings. The van der Waals surface area contributed by atoms with Gasteiger partial charge >= 0.3 is 5.97 Å². The number of methoxy groups -OCH3 is 1. The molecule has 0 aliphatic carbocycles. The van der Waals surface area contributed by atoms with E-state index in [-0.39, 0.29) is 5.91 Å². The molecule has 1 aliphatic rings. The Morgan fingerprint density at radius 1 is 1.45 bits per heavy atom. The molecule has 120 valence electrons. The van der Waals surface area contributed by atoms with Crippen molar-refractivity contribution >= 4 is 27.8 Å². The number of benzene rings is 1. The number of carboxylic acids is 1. The van der Waals surface area contributed by atoms with Gasteiger partial charge in [0.1, 0.15) is 5.75 Å². The summed E-state index contributed by atoms with van der Waals surface area (Å²) in [6.07, 6.45) is 1.53. The number of carboxylic acid groups (broad SMARTS) is 1. The third-order valence-corrected chi connectivity index (χ3v) is 4.81. The number of carbonyl (C=O) groups is 2. The first-order valence-corrected chi connectivity index (χ1v) is 7.98. The second-order valence-corrected chi connectivity index (χ2v) is 6.75. The molecular formula is C16H20BrNO4. The molecule has 1 aromatic rings. The van der Waals surface area contributed by atoms with E-state index in [0.717, 1.165) is 15.8 Å². The van der Waals surface area contributed by atoms with Gasteiger partial charge in [0, 0.05) is 19.5 Å². The molecule has 22 heavy (non-hydrogen) atoms. The van der Waals surface area contributed by atoms with E-state index in [2.05, 4.69) is 15.9 Å². The molecule has 1 saturated heterocycles. The van der Waals surface area contributed by atoms with Crippen molar-refractivity contribution in [3.05, 3.63) is 28.2 Å². The van der Waals surface area contributed by atoms with Crippen molar-refractivity contribution < 1.29 is 19.4 Å². The highest BCUT2D eigenvalue weighted by molar-refractivity contribution is 9.10. The van der Waals surface area contributed by atoms with E-state index in [9.17, 15) is 14.7 Å². The molecule has 1 amide bonds. The summed E-state index contributed by atoms with van der Waals surface area (Å²) in [5, 5.41) is 9.20. The molecule has 1 aromatic carbocycles. The smallest absolute Gasteiger partial charge is 0.311 e. The maximum Gasteiger partial charge on any atom is 0.311 e. The van der Waals surface area contributed by atoms with Gasteiger partial charge in [-0.25, -0.2) is 0 Å². The fourth-order valence-corrected chi connectivity index (χ4v) is 3.21. The van der Waals surface area contributed by atoms with E-state index in [1.807, 2.05) is 18.2 Å². The quantitative estimate of drug-likeness (QED) is 0.866. The molecule has 1 N–H and O–H groups in total. The molecule has 2 rings (SSSR count). The van der Waals surface area contributed by atoms with Crippen LogP contribution in [0.2, 0.25) is 0 Å². The third-order valence-electron chi connectivity index (χ3n) is 4.19. The molecule has 0 radical (unpaired) electrons. The number of halogens is 1. The minimum Gasteiger partial charge on any atom is -0.496 e. The largest absolute Gasteiger partial charge is 0.496 e. The van der Waals surface area contributed by atoms with Crippen molar-refractivity contribution in [3.63, 3.8) is 0 Å². The van der Waals surface area contributed by atoms with Gasteiger partial charge in [0.05, 0.1) is 17.0 Å². The number of amides is 1. The second-order valence-electron chi connectivity index (χ2n) is 5.90. The van der Waals surface area contributed by atoms with Gasteiger partial charge in [-0.05, 0) is 53.4 Å². The predicted molar refractivity (Wildman–Crippen MR) is 86.0 cm³/mol.